The van der Waals surface area contributed by atoms with Gasteiger partial charge in [-0.05, 0) is 66.9 Å². The van der Waals surface area contributed by atoms with Crippen molar-refractivity contribution in [1.82, 2.24) is 0 Å². The molecule has 1 aliphatic carbocycles. The Labute approximate surface area is 180 Å². The molecule has 31 heavy (non-hydrogen) atoms. The average Bonchev–Trinajstić information content (AvgIpc) is 3.22. The lowest BCUT2D eigenvalue weighted by Crippen LogP contribution is -2.15. The highest BCUT2D eigenvalue weighted by Crippen LogP contribution is 2.35. The Kier molecular flexibility index (Phi) is 5.32. The first-order chi connectivity index (χ1) is 14.9. The lowest BCUT2D eigenvalue weighted by atomic mass is 9.99. The number of hydrogen-bond donors (Lipinski definition) is 2. The quantitative estimate of drug-likeness (QED) is 0.623. The summed E-state index contributed by atoms with van der Waals surface area (Å²) in [5.41, 5.74) is 4.55. The Morgan fingerprint density at radius 2 is 1.71 bits per heavy atom. The topological polar surface area (TPSA) is 99.1 Å². The minimum Gasteiger partial charge on any atom is -0.322 e. The number of aryl methyl sites for hydroxylation is 1. The van der Waals surface area contributed by atoms with E-state index in [1.807, 2.05) is 13.0 Å². The summed E-state index contributed by atoms with van der Waals surface area (Å²) in [6.07, 6.45) is 2.31. The second kappa shape index (κ2) is 8.09. The SMILES string of the molecule is Cc1ccc(NS(=O)(=O)c2ccc(NC(=O)c3ccccc3)cc2)c2c1C(C#N)=CC2. The van der Waals surface area contributed by atoms with Crippen molar-refractivity contribution in [1.29, 1.82) is 5.26 Å². The molecule has 0 bridgehead atoms. The summed E-state index contributed by atoms with van der Waals surface area (Å²) in [6.45, 7) is 1.90. The number of nitrogens with zero attached hydrogens (tertiary/aromatic N) is 1. The van der Waals surface area contributed by atoms with Gasteiger partial charge in [-0.25, -0.2) is 8.42 Å². The van der Waals surface area contributed by atoms with Gasteiger partial charge in [-0.3, -0.25) is 9.52 Å². The number of sulfonamides is 1. The Bertz CT molecular complexity index is 1340. The standard InChI is InChI=1S/C24H19N3O3S/c1-16-7-14-22(21-13-8-18(15-25)23(16)21)27-31(29,30)20-11-9-19(10-12-20)26-24(28)17-5-3-2-4-6-17/h2-12,14,27H,13H2,1H3,(H,26,28). The van der Waals surface area contributed by atoms with Gasteiger partial charge >= 0.3 is 0 Å². The van der Waals surface area contributed by atoms with Crippen LogP contribution in [0.1, 0.15) is 27.0 Å². The molecule has 0 spiro atoms. The largest absolute Gasteiger partial charge is 0.322 e. The van der Waals surface area contributed by atoms with E-state index in [4.69, 9.17) is 0 Å². The van der Waals surface area contributed by atoms with Crippen LogP contribution in [0.3, 0.4) is 0 Å². The van der Waals surface area contributed by atoms with Gasteiger partial charge in [0.2, 0.25) is 0 Å². The molecule has 3 aromatic carbocycles. The molecule has 0 fully saturated rings. The number of nitrogens with one attached hydrogen (secondary N) is 2. The minimum absolute atomic E-state index is 0.0750. The summed E-state index contributed by atoms with van der Waals surface area (Å²) >= 11 is 0. The Hall–Kier alpha value is -3.89. The minimum atomic E-state index is -3.84. The highest BCUT2D eigenvalue weighted by Gasteiger charge is 2.23. The van der Waals surface area contributed by atoms with Crippen molar-refractivity contribution < 1.29 is 13.2 Å². The number of allylic oxidation sites excluding steroid dienone is 2. The van der Waals surface area contributed by atoms with Crippen LogP contribution in [0, 0.1) is 18.3 Å². The third-order valence-electron chi connectivity index (χ3n) is 5.12. The molecule has 154 valence electrons. The molecule has 4 rings (SSSR count). The first-order valence-corrected chi connectivity index (χ1v) is 11.1. The number of nitriles is 1. The van der Waals surface area contributed by atoms with E-state index in [0.717, 1.165) is 16.7 Å². The van der Waals surface area contributed by atoms with Crippen LogP contribution in [-0.4, -0.2) is 14.3 Å². The fraction of sp³-hybridized carbons (Fsp3) is 0.0833. The van der Waals surface area contributed by atoms with Gasteiger partial charge in [0.15, 0.2) is 0 Å². The van der Waals surface area contributed by atoms with Gasteiger partial charge < -0.3 is 5.32 Å². The highest BCUT2D eigenvalue weighted by atomic mass is 32.2. The Morgan fingerprint density at radius 1 is 1.00 bits per heavy atom. The van der Waals surface area contributed by atoms with E-state index in [2.05, 4.69) is 16.1 Å². The maximum absolute atomic E-state index is 12.9. The van der Waals surface area contributed by atoms with Crippen molar-refractivity contribution in [2.45, 2.75) is 18.2 Å². The van der Waals surface area contributed by atoms with Gasteiger partial charge in [0.1, 0.15) is 0 Å². The van der Waals surface area contributed by atoms with Crippen LogP contribution in [0.25, 0.3) is 5.57 Å². The molecule has 0 aromatic heterocycles. The van der Waals surface area contributed by atoms with Crippen LogP contribution in [-0.2, 0) is 16.4 Å². The number of anilines is 2. The first-order valence-electron chi connectivity index (χ1n) is 9.61. The second-order valence-electron chi connectivity index (χ2n) is 7.17. The summed E-state index contributed by atoms with van der Waals surface area (Å²) in [6, 6.07) is 20.4. The van der Waals surface area contributed by atoms with Gasteiger partial charge in [-0.15, -0.1) is 0 Å². The lowest BCUT2D eigenvalue weighted by molar-refractivity contribution is 0.102. The number of carbonyl (C=O) groups is 1. The van der Waals surface area contributed by atoms with E-state index >= 15 is 0 Å². The highest BCUT2D eigenvalue weighted by molar-refractivity contribution is 7.92. The molecule has 6 nitrogen and oxygen atoms in total. The maximum atomic E-state index is 12.9. The number of hydrogen-bond acceptors (Lipinski definition) is 4. The molecule has 1 aliphatic rings. The van der Waals surface area contributed by atoms with Gasteiger partial charge in [-0.1, -0.05) is 30.3 Å². The van der Waals surface area contributed by atoms with Crippen molar-refractivity contribution in [3.63, 3.8) is 0 Å². The van der Waals surface area contributed by atoms with Crippen molar-refractivity contribution in [2.75, 3.05) is 10.0 Å². The summed E-state index contributed by atoms with van der Waals surface area (Å²) in [4.78, 5) is 12.3. The fourth-order valence-corrected chi connectivity index (χ4v) is 4.66. The molecule has 0 aliphatic heterocycles. The van der Waals surface area contributed by atoms with Crippen LogP contribution >= 0.6 is 0 Å². The van der Waals surface area contributed by atoms with Crippen molar-refractivity contribution in [2.24, 2.45) is 0 Å². The van der Waals surface area contributed by atoms with Crippen molar-refractivity contribution in [3.8, 4) is 6.07 Å². The predicted molar refractivity (Wildman–Crippen MR) is 120 cm³/mol. The number of benzene rings is 3. The van der Waals surface area contributed by atoms with Crippen LogP contribution in [0.4, 0.5) is 11.4 Å². The van der Waals surface area contributed by atoms with Gasteiger partial charge in [0, 0.05) is 16.8 Å². The molecular weight excluding hydrogens is 410 g/mol. The third-order valence-corrected chi connectivity index (χ3v) is 6.51. The summed E-state index contributed by atoms with van der Waals surface area (Å²) in [5.74, 6) is -0.273. The van der Waals surface area contributed by atoms with Crippen molar-refractivity contribution >= 4 is 32.9 Å². The molecule has 0 atom stereocenters. The van der Waals surface area contributed by atoms with Gasteiger partial charge in [-0.2, -0.15) is 5.26 Å². The van der Waals surface area contributed by atoms with E-state index in [-0.39, 0.29) is 10.8 Å². The van der Waals surface area contributed by atoms with Crippen LogP contribution in [0.5, 0.6) is 0 Å². The zero-order valence-corrected chi connectivity index (χ0v) is 17.5. The summed E-state index contributed by atoms with van der Waals surface area (Å²) in [5, 5.41) is 12.1. The molecule has 1 amide bonds. The van der Waals surface area contributed by atoms with E-state index < -0.39 is 10.0 Å². The maximum Gasteiger partial charge on any atom is 0.261 e. The monoisotopic (exact) mass is 429 g/mol. The second-order valence-corrected chi connectivity index (χ2v) is 8.85. The van der Waals surface area contributed by atoms with E-state index in [0.29, 0.717) is 28.9 Å². The smallest absolute Gasteiger partial charge is 0.261 e. The molecule has 0 saturated heterocycles. The van der Waals surface area contributed by atoms with E-state index in [1.54, 1.807) is 54.6 Å². The molecule has 2 N–H and O–H groups in total. The molecule has 0 saturated carbocycles. The van der Waals surface area contributed by atoms with Crippen LogP contribution in [0.15, 0.2) is 77.7 Å². The number of carbonyl (C=O) groups excluding carboxylic acids is 1. The van der Waals surface area contributed by atoms with Gasteiger partial charge in [0.25, 0.3) is 15.9 Å². The fourth-order valence-electron chi connectivity index (χ4n) is 3.57. The van der Waals surface area contributed by atoms with Crippen LogP contribution < -0.4 is 10.0 Å². The molecule has 0 heterocycles. The molecule has 3 aromatic rings. The van der Waals surface area contributed by atoms with Crippen LogP contribution in [0.2, 0.25) is 0 Å². The molecule has 0 unspecified atom stereocenters. The molecule has 0 radical (unpaired) electrons. The number of fused-ring (bicyclic) bond motifs is 1. The third kappa shape index (κ3) is 4.06. The first kappa shape index (κ1) is 20.4. The lowest BCUT2D eigenvalue weighted by Gasteiger charge is -2.14. The zero-order chi connectivity index (χ0) is 22.0. The Balaban J connectivity index is 1.54. The molecule has 7 heteroatoms. The van der Waals surface area contributed by atoms with E-state index in [9.17, 15) is 18.5 Å². The zero-order valence-electron chi connectivity index (χ0n) is 16.7. The van der Waals surface area contributed by atoms with Gasteiger partial charge in [0.05, 0.1) is 22.2 Å². The summed E-state index contributed by atoms with van der Waals surface area (Å²) < 4.78 is 28.5. The van der Waals surface area contributed by atoms with E-state index in [1.165, 1.54) is 12.1 Å². The number of amides is 1. The number of rotatable bonds is 5. The Morgan fingerprint density at radius 3 is 2.39 bits per heavy atom. The molecular formula is C24H19N3O3S. The summed E-state index contributed by atoms with van der Waals surface area (Å²) in [7, 11) is -3.84. The average molecular weight is 430 g/mol. The normalized spacial score (nSPS) is 12.5. The predicted octanol–water partition coefficient (Wildman–Crippen LogP) is 4.51. The van der Waals surface area contributed by atoms with Crippen molar-refractivity contribution in [3.05, 3.63) is 95.1 Å².